The van der Waals surface area contributed by atoms with Gasteiger partial charge in [0.1, 0.15) is 5.76 Å². The van der Waals surface area contributed by atoms with Gasteiger partial charge in [-0.2, -0.15) is 0 Å². The van der Waals surface area contributed by atoms with Crippen LogP contribution >= 0.6 is 11.8 Å². The van der Waals surface area contributed by atoms with Gasteiger partial charge in [0, 0.05) is 18.0 Å². The zero-order valence-corrected chi connectivity index (χ0v) is 13.2. The number of hydrogen-bond donors (Lipinski definition) is 0. The van der Waals surface area contributed by atoms with Gasteiger partial charge in [-0.05, 0) is 24.3 Å². The van der Waals surface area contributed by atoms with E-state index < -0.39 is 0 Å². The summed E-state index contributed by atoms with van der Waals surface area (Å²) in [7, 11) is 1.36. The SMILES string of the molecule is COC(=O)CSc1nnc(-c2cccnc2)n1Cc1ccco1. The molecule has 0 aliphatic heterocycles. The Bertz CT molecular complexity index is 771. The zero-order valence-electron chi connectivity index (χ0n) is 12.4. The number of pyridine rings is 1. The molecular formula is C15H14N4O3S. The molecule has 0 aliphatic carbocycles. The van der Waals surface area contributed by atoms with Crippen molar-refractivity contribution >= 4 is 17.7 Å². The van der Waals surface area contributed by atoms with E-state index in [4.69, 9.17) is 4.42 Å². The van der Waals surface area contributed by atoms with Crippen molar-refractivity contribution in [3.8, 4) is 11.4 Å². The van der Waals surface area contributed by atoms with Gasteiger partial charge in [0.15, 0.2) is 11.0 Å². The fourth-order valence-corrected chi connectivity index (χ4v) is 2.76. The Balaban J connectivity index is 1.93. The molecule has 0 radical (unpaired) electrons. The molecule has 3 aromatic rings. The Labute approximate surface area is 136 Å². The molecule has 7 nitrogen and oxygen atoms in total. The second-order valence-corrected chi connectivity index (χ2v) is 5.52. The Kier molecular flexibility index (Phi) is 4.72. The highest BCUT2D eigenvalue weighted by Crippen LogP contribution is 2.24. The second kappa shape index (κ2) is 7.10. The molecule has 0 unspecified atom stereocenters. The Morgan fingerprint density at radius 1 is 1.35 bits per heavy atom. The lowest BCUT2D eigenvalue weighted by Crippen LogP contribution is -2.07. The van der Waals surface area contributed by atoms with Crippen LogP contribution in [-0.4, -0.2) is 38.6 Å². The number of carbonyl (C=O) groups is 1. The molecule has 8 heteroatoms. The van der Waals surface area contributed by atoms with Crippen LogP contribution in [0, 0.1) is 0 Å². The molecule has 118 valence electrons. The topological polar surface area (TPSA) is 83.0 Å². The van der Waals surface area contributed by atoms with E-state index in [0.29, 0.717) is 17.5 Å². The van der Waals surface area contributed by atoms with E-state index in [9.17, 15) is 4.79 Å². The number of thioether (sulfide) groups is 1. The van der Waals surface area contributed by atoms with E-state index >= 15 is 0 Å². The van der Waals surface area contributed by atoms with E-state index in [1.54, 1.807) is 18.7 Å². The maximum Gasteiger partial charge on any atom is 0.316 e. The number of aromatic nitrogens is 4. The molecule has 0 N–H and O–H groups in total. The number of ether oxygens (including phenoxy) is 1. The van der Waals surface area contributed by atoms with Gasteiger partial charge in [0.05, 0.1) is 25.7 Å². The maximum atomic E-state index is 11.4. The summed E-state index contributed by atoms with van der Waals surface area (Å²) >= 11 is 1.27. The summed E-state index contributed by atoms with van der Waals surface area (Å²) in [6.45, 7) is 0.466. The van der Waals surface area contributed by atoms with Gasteiger partial charge in [-0.3, -0.25) is 14.3 Å². The van der Waals surface area contributed by atoms with Gasteiger partial charge in [0.25, 0.3) is 0 Å². The normalized spacial score (nSPS) is 10.7. The van der Waals surface area contributed by atoms with Crippen LogP contribution in [0.15, 0.2) is 52.5 Å². The predicted octanol–water partition coefficient (Wildman–Crippen LogP) is 2.25. The van der Waals surface area contributed by atoms with Crippen molar-refractivity contribution in [2.45, 2.75) is 11.7 Å². The van der Waals surface area contributed by atoms with Crippen molar-refractivity contribution in [2.24, 2.45) is 0 Å². The first-order valence-electron chi connectivity index (χ1n) is 6.83. The van der Waals surface area contributed by atoms with Gasteiger partial charge in [-0.25, -0.2) is 0 Å². The number of carbonyl (C=O) groups excluding carboxylic acids is 1. The molecule has 0 saturated heterocycles. The molecule has 0 amide bonds. The lowest BCUT2D eigenvalue weighted by atomic mass is 10.2. The molecule has 0 saturated carbocycles. The zero-order chi connectivity index (χ0) is 16.1. The van der Waals surface area contributed by atoms with Crippen molar-refractivity contribution in [3.05, 3.63) is 48.7 Å². The van der Waals surface area contributed by atoms with Crippen LogP contribution in [0.1, 0.15) is 5.76 Å². The average molecular weight is 330 g/mol. The Hall–Kier alpha value is -2.61. The number of hydrogen-bond acceptors (Lipinski definition) is 7. The predicted molar refractivity (Wildman–Crippen MR) is 83.8 cm³/mol. The van der Waals surface area contributed by atoms with E-state index in [1.807, 2.05) is 28.8 Å². The minimum absolute atomic E-state index is 0.166. The van der Waals surface area contributed by atoms with Crippen LogP contribution in [0.25, 0.3) is 11.4 Å². The van der Waals surface area contributed by atoms with Crippen molar-refractivity contribution in [1.82, 2.24) is 19.7 Å². The van der Waals surface area contributed by atoms with Crippen LogP contribution in [0.4, 0.5) is 0 Å². The summed E-state index contributed by atoms with van der Waals surface area (Å²) in [5, 5.41) is 9.02. The molecule has 3 rings (SSSR count). The first-order valence-corrected chi connectivity index (χ1v) is 7.82. The lowest BCUT2D eigenvalue weighted by Gasteiger charge is -2.08. The first kappa shape index (κ1) is 15.3. The smallest absolute Gasteiger partial charge is 0.316 e. The third-order valence-corrected chi connectivity index (χ3v) is 4.02. The standard InChI is InChI=1S/C15H14N4O3S/c1-21-13(20)10-23-15-18-17-14(11-4-2-6-16-8-11)19(15)9-12-5-3-7-22-12/h2-8H,9-10H2,1H3. The van der Waals surface area contributed by atoms with E-state index in [1.165, 1.54) is 18.9 Å². The Morgan fingerprint density at radius 3 is 2.96 bits per heavy atom. The largest absolute Gasteiger partial charge is 0.468 e. The van der Waals surface area contributed by atoms with Crippen molar-refractivity contribution < 1.29 is 13.9 Å². The summed E-state index contributed by atoms with van der Waals surface area (Å²) in [5.74, 6) is 1.29. The fourth-order valence-electron chi connectivity index (χ4n) is 1.99. The molecule has 0 aliphatic rings. The number of furan rings is 1. The maximum absolute atomic E-state index is 11.4. The quantitative estimate of drug-likeness (QED) is 0.506. The third-order valence-electron chi connectivity index (χ3n) is 3.08. The molecule has 23 heavy (non-hydrogen) atoms. The minimum Gasteiger partial charge on any atom is -0.468 e. The van der Waals surface area contributed by atoms with E-state index in [0.717, 1.165) is 11.3 Å². The second-order valence-electron chi connectivity index (χ2n) is 4.58. The van der Waals surface area contributed by atoms with E-state index in [-0.39, 0.29) is 11.7 Å². The van der Waals surface area contributed by atoms with Crippen LogP contribution in [-0.2, 0) is 16.1 Å². The number of rotatable bonds is 6. The summed E-state index contributed by atoms with van der Waals surface area (Å²) in [5.41, 5.74) is 0.844. The van der Waals surface area contributed by atoms with Crippen LogP contribution < -0.4 is 0 Å². The van der Waals surface area contributed by atoms with E-state index in [2.05, 4.69) is 19.9 Å². The van der Waals surface area contributed by atoms with Crippen molar-refractivity contribution in [3.63, 3.8) is 0 Å². The third kappa shape index (κ3) is 3.59. The molecule has 3 aromatic heterocycles. The summed E-state index contributed by atoms with van der Waals surface area (Å²) < 4.78 is 12.0. The highest BCUT2D eigenvalue weighted by molar-refractivity contribution is 7.99. The molecule has 3 heterocycles. The Morgan fingerprint density at radius 2 is 2.26 bits per heavy atom. The van der Waals surface area contributed by atoms with Gasteiger partial charge >= 0.3 is 5.97 Å². The van der Waals surface area contributed by atoms with Gasteiger partial charge in [-0.1, -0.05) is 11.8 Å². The lowest BCUT2D eigenvalue weighted by molar-refractivity contribution is -0.137. The van der Waals surface area contributed by atoms with Gasteiger partial charge < -0.3 is 9.15 Å². The summed E-state index contributed by atoms with van der Waals surface area (Å²) in [6, 6.07) is 7.44. The molecule has 0 aromatic carbocycles. The number of methoxy groups -OCH3 is 1. The monoisotopic (exact) mass is 330 g/mol. The highest BCUT2D eigenvalue weighted by Gasteiger charge is 2.17. The molecule has 0 bridgehead atoms. The van der Waals surface area contributed by atoms with Crippen LogP contribution in [0.2, 0.25) is 0 Å². The number of esters is 1. The fraction of sp³-hybridized carbons (Fsp3) is 0.200. The number of nitrogens with zero attached hydrogens (tertiary/aromatic N) is 4. The molecule has 0 fully saturated rings. The van der Waals surface area contributed by atoms with Crippen molar-refractivity contribution in [1.29, 1.82) is 0 Å². The molecular weight excluding hydrogens is 316 g/mol. The highest BCUT2D eigenvalue weighted by atomic mass is 32.2. The first-order chi connectivity index (χ1) is 11.3. The van der Waals surface area contributed by atoms with Crippen LogP contribution in [0.5, 0.6) is 0 Å². The minimum atomic E-state index is -0.314. The van der Waals surface area contributed by atoms with Gasteiger partial charge in [-0.15, -0.1) is 10.2 Å². The average Bonchev–Trinajstić information content (AvgIpc) is 3.24. The van der Waals surface area contributed by atoms with Crippen LogP contribution in [0.3, 0.4) is 0 Å². The molecule has 0 spiro atoms. The van der Waals surface area contributed by atoms with Crippen molar-refractivity contribution in [2.75, 3.05) is 12.9 Å². The summed E-state index contributed by atoms with van der Waals surface area (Å²) in [6.07, 6.45) is 5.03. The van der Waals surface area contributed by atoms with Gasteiger partial charge in [0.2, 0.25) is 0 Å². The molecule has 0 atom stereocenters. The summed E-state index contributed by atoms with van der Waals surface area (Å²) in [4.78, 5) is 15.5.